The quantitative estimate of drug-likeness (QED) is 0.898. The molecule has 0 unspecified atom stereocenters. The van der Waals surface area contributed by atoms with Gasteiger partial charge in [0, 0.05) is 31.2 Å². The summed E-state index contributed by atoms with van der Waals surface area (Å²) in [6.45, 7) is 7.12. The van der Waals surface area contributed by atoms with Gasteiger partial charge in [-0.2, -0.15) is 0 Å². The summed E-state index contributed by atoms with van der Waals surface area (Å²) in [5, 5.41) is 5.62. The van der Waals surface area contributed by atoms with Crippen molar-refractivity contribution in [1.29, 1.82) is 0 Å². The molecule has 0 spiro atoms. The molecule has 2 N–H and O–H groups in total. The third kappa shape index (κ3) is 3.97. The molecule has 1 aliphatic heterocycles. The van der Waals surface area contributed by atoms with Crippen LogP contribution >= 0.6 is 0 Å². The summed E-state index contributed by atoms with van der Waals surface area (Å²) >= 11 is 0. The summed E-state index contributed by atoms with van der Waals surface area (Å²) in [6.07, 6.45) is 1.41. The van der Waals surface area contributed by atoms with E-state index in [0.717, 1.165) is 24.2 Å². The van der Waals surface area contributed by atoms with Gasteiger partial charge in [-0.05, 0) is 43.5 Å². The van der Waals surface area contributed by atoms with Gasteiger partial charge in [-0.3, -0.25) is 4.79 Å². The van der Waals surface area contributed by atoms with Gasteiger partial charge >= 0.3 is 6.03 Å². The van der Waals surface area contributed by atoms with Crippen molar-refractivity contribution in [2.24, 2.45) is 0 Å². The monoisotopic (exact) mass is 289 g/mol. The Labute approximate surface area is 125 Å². The third-order valence-corrected chi connectivity index (χ3v) is 3.55. The highest BCUT2D eigenvalue weighted by atomic mass is 16.2. The van der Waals surface area contributed by atoms with Gasteiger partial charge in [0.25, 0.3) is 0 Å². The van der Waals surface area contributed by atoms with Gasteiger partial charge in [-0.15, -0.1) is 0 Å². The average Bonchev–Trinajstić information content (AvgIpc) is 2.44. The van der Waals surface area contributed by atoms with Crippen LogP contribution in [-0.4, -0.2) is 29.4 Å². The third-order valence-electron chi connectivity index (χ3n) is 3.55. The van der Waals surface area contributed by atoms with Gasteiger partial charge in [0.15, 0.2) is 0 Å². The lowest BCUT2D eigenvalue weighted by molar-refractivity contribution is -0.131. The normalized spacial score (nSPS) is 13.8. The summed E-state index contributed by atoms with van der Waals surface area (Å²) in [6, 6.07) is 5.80. The van der Waals surface area contributed by atoms with E-state index in [-0.39, 0.29) is 18.0 Å². The molecule has 0 radical (unpaired) electrons. The summed E-state index contributed by atoms with van der Waals surface area (Å²) in [5.74, 6) is 0.177. The molecule has 3 amide bonds. The van der Waals surface area contributed by atoms with Crippen LogP contribution in [0.15, 0.2) is 18.2 Å². The lowest BCUT2D eigenvalue weighted by Gasteiger charge is -2.29. The van der Waals surface area contributed by atoms with Crippen molar-refractivity contribution in [3.05, 3.63) is 29.3 Å². The zero-order valence-electron chi connectivity index (χ0n) is 12.9. The average molecular weight is 289 g/mol. The maximum atomic E-state index is 11.8. The Hall–Kier alpha value is -2.04. The molecule has 0 aromatic heterocycles. The summed E-state index contributed by atoms with van der Waals surface area (Å²) < 4.78 is 0. The van der Waals surface area contributed by atoms with Gasteiger partial charge in [0.05, 0.1) is 0 Å². The number of fused-ring (bicyclic) bond motifs is 1. The molecular formula is C16H23N3O2. The van der Waals surface area contributed by atoms with Gasteiger partial charge in [0.2, 0.25) is 5.91 Å². The Morgan fingerprint density at radius 2 is 2.05 bits per heavy atom. The number of carbonyl (C=O) groups excluding carboxylic acids is 2. The number of hydrogen-bond donors (Lipinski definition) is 2. The minimum absolute atomic E-state index is 0.0975. The first-order valence-electron chi connectivity index (χ1n) is 7.46. The van der Waals surface area contributed by atoms with Crippen LogP contribution in [0, 0.1) is 0 Å². The zero-order valence-corrected chi connectivity index (χ0v) is 12.9. The van der Waals surface area contributed by atoms with Crippen LogP contribution in [0.2, 0.25) is 0 Å². The lowest BCUT2D eigenvalue weighted by atomic mass is 9.99. The predicted molar refractivity (Wildman–Crippen MR) is 83.1 cm³/mol. The number of rotatable bonds is 3. The fraction of sp³-hybridized carbons (Fsp3) is 0.500. The van der Waals surface area contributed by atoms with Crippen LogP contribution < -0.4 is 10.6 Å². The van der Waals surface area contributed by atoms with Crippen LogP contribution in [0.3, 0.4) is 0 Å². The van der Waals surface area contributed by atoms with Crippen LogP contribution in [0.1, 0.15) is 38.3 Å². The molecule has 114 valence electrons. The number of nitrogens with one attached hydrogen (secondary N) is 2. The maximum Gasteiger partial charge on any atom is 0.319 e. The van der Waals surface area contributed by atoms with Crippen LogP contribution in [0.5, 0.6) is 0 Å². The van der Waals surface area contributed by atoms with Crippen LogP contribution in [0.25, 0.3) is 0 Å². The molecule has 1 aliphatic rings. The zero-order chi connectivity index (χ0) is 15.4. The van der Waals surface area contributed by atoms with Gasteiger partial charge in [-0.25, -0.2) is 4.79 Å². The van der Waals surface area contributed by atoms with E-state index in [4.69, 9.17) is 0 Å². The molecule has 1 aromatic rings. The van der Waals surface area contributed by atoms with E-state index >= 15 is 0 Å². The number of hydrogen-bond acceptors (Lipinski definition) is 2. The Kier molecular flexibility index (Phi) is 4.83. The highest BCUT2D eigenvalue weighted by Gasteiger charge is 2.19. The second-order valence-corrected chi connectivity index (χ2v) is 5.66. The van der Waals surface area contributed by atoms with Crippen molar-refractivity contribution in [3.8, 4) is 0 Å². The molecule has 5 heteroatoms. The first-order valence-corrected chi connectivity index (χ1v) is 7.46. The molecule has 2 rings (SSSR count). The Morgan fingerprint density at radius 1 is 1.29 bits per heavy atom. The Bertz CT molecular complexity index is 540. The molecule has 0 bridgehead atoms. The summed E-state index contributed by atoms with van der Waals surface area (Å²) in [4.78, 5) is 25.4. The minimum atomic E-state index is -0.206. The first-order chi connectivity index (χ1) is 9.99. The van der Waals surface area contributed by atoms with Crippen LogP contribution in [0.4, 0.5) is 10.5 Å². The number of amides is 3. The Morgan fingerprint density at radius 3 is 2.71 bits per heavy atom. The molecule has 0 saturated heterocycles. The van der Waals surface area contributed by atoms with Gasteiger partial charge < -0.3 is 15.5 Å². The van der Waals surface area contributed by atoms with E-state index in [9.17, 15) is 9.59 Å². The number of carbonyl (C=O) groups is 2. The number of benzene rings is 1. The highest BCUT2D eigenvalue weighted by molar-refractivity contribution is 5.89. The van der Waals surface area contributed by atoms with E-state index in [0.29, 0.717) is 13.0 Å². The largest absolute Gasteiger partial charge is 0.338 e. The standard InChI is InChI=1S/C16H23N3O2/c1-4-15(20)19-8-7-12-5-6-14(9-13(12)10-19)18-16(21)17-11(2)3/h5-6,9,11H,4,7-8,10H2,1-3H3,(H2,17,18,21). The van der Waals surface area contributed by atoms with Crippen molar-refractivity contribution < 1.29 is 9.59 Å². The summed E-state index contributed by atoms with van der Waals surface area (Å²) in [5.41, 5.74) is 3.13. The van der Waals surface area contributed by atoms with Gasteiger partial charge in [-0.1, -0.05) is 13.0 Å². The molecule has 1 aromatic carbocycles. The summed E-state index contributed by atoms with van der Waals surface area (Å²) in [7, 11) is 0. The minimum Gasteiger partial charge on any atom is -0.338 e. The van der Waals surface area contributed by atoms with Crippen LogP contribution in [-0.2, 0) is 17.8 Å². The van der Waals surface area contributed by atoms with Gasteiger partial charge in [0.1, 0.15) is 0 Å². The van der Waals surface area contributed by atoms with Crippen molar-refractivity contribution in [3.63, 3.8) is 0 Å². The molecular weight excluding hydrogens is 266 g/mol. The second kappa shape index (κ2) is 6.61. The predicted octanol–water partition coefficient (Wildman–Crippen LogP) is 2.51. The SMILES string of the molecule is CCC(=O)N1CCc2ccc(NC(=O)NC(C)C)cc2C1. The molecule has 5 nitrogen and oxygen atoms in total. The number of anilines is 1. The molecule has 1 heterocycles. The molecule has 0 fully saturated rings. The van der Waals surface area contributed by atoms with Crippen molar-refractivity contribution in [1.82, 2.24) is 10.2 Å². The fourth-order valence-electron chi connectivity index (χ4n) is 2.50. The van der Waals surface area contributed by atoms with Crippen molar-refractivity contribution in [2.75, 3.05) is 11.9 Å². The smallest absolute Gasteiger partial charge is 0.319 e. The van der Waals surface area contributed by atoms with E-state index in [2.05, 4.69) is 10.6 Å². The van der Waals surface area contributed by atoms with E-state index < -0.39 is 0 Å². The van der Waals surface area contributed by atoms with E-state index in [1.165, 1.54) is 5.56 Å². The molecule has 21 heavy (non-hydrogen) atoms. The Balaban J connectivity index is 2.08. The van der Waals surface area contributed by atoms with Crippen molar-refractivity contribution >= 4 is 17.6 Å². The topological polar surface area (TPSA) is 61.4 Å². The number of nitrogens with zero attached hydrogens (tertiary/aromatic N) is 1. The molecule has 0 atom stereocenters. The maximum absolute atomic E-state index is 11.8. The van der Waals surface area contributed by atoms with E-state index in [1.807, 2.05) is 43.9 Å². The molecule has 0 saturated carbocycles. The number of urea groups is 1. The first kappa shape index (κ1) is 15.4. The molecule has 0 aliphatic carbocycles. The van der Waals surface area contributed by atoms with Crippen molar-refractivity contribution in [2.45, 2.75) is 46.2 Å². The second-order valence-electron chi connectivity index (χ2n) is 5.66. The fourth-order valence-corrected chi connectivity index (χ4v) is 2.50. The highest BCUT2D eigenvalue weighted by Crippen LogP contribution is 2.23. The lowest BCUT2D eigenvalue weighted by Crippen LogP contribution is -2.36. The van der Waals surface area contributed by atoms with E-state index in [1.54, 1.807) is 0 Å².